The van der Waals surface area contributed by atoms with Gasteiger partial charge in [0.05, 0.1) is 19.3 Å². The summed E-state index contributed by atoms with van der Waals surface area (Å²) in [6.07, 6.45) is 7.38. The topological polar surface area (TPSA) is 179 Å². The van der Waals surface area contributed by atoms with Gasteiger partial charge in [0, 0.05) is 42.4 Å². The van der Waals surface area contributed by atoms with Crippen molar-refractivity contribution in [2.45, 2.75) is 108 Å². The van der Waals surface area contributed by atoms with Gasteiger partial charge in [-0.3, -0.25) is 28.5 Å². The highest BCUT2D eigenvalue weighted by atomic mass is 32.2. The highest BCUT2D eigenvalue weighted by molar-refractivity contribution is 7.99. The first-order chi connectivity index (χ1) is 24.0. The van der Waals surface area contributed by atoms with Crippen LogP contribution in [-0.2, 0) is 28.0 Å². The van der Waals surface area contributed by atoms with E-state index < -0.39 is 42.1 Å². The number of amides is 4. The van der Waals surface area contributed by atoms with Gasteiger partial charge in [-0.2, -0.15) is 0 Å². The highest BCUT2D eigenvalue weighted by Gasteiger charge is 2.49. The molecule has 4 atom stereocenters. The number of aromatic amines is 1. The molecule has 3 aliphatic rings. The third kappa shape index (κ3) is 9.30. The number of H-pyrrole nitrogens is 1. The number of rotatable bonds is 15. The Balaban J connectivity index is 1.34. The average Bonchev–Trinajstić information content (AvgIpc) is 3.67. The molecule has 3 heterocycles. The molecule has 0 radical (unpaired) electrons. The van der Waals surface area contributed by atoms with Crippen LogP contribution in [0.3, 0.4) is 0 Å². The molecule has 1 aromatic heterocycles. The fraction of sp³-hybridized carbons (Fsp3) is 0.657. The molecule has 13 nitrogen and oxygen atoms in total. The minimum absolute atomic E-state index is 0.00326. The van der Waals surface area contributed by atoms with Crippen LogP contribution < -0.4 is 15.4 Å². The van der Waals surface area contributed by atoms with Crippen molar-refractivity contribution in [1.29, 1.82) is 0 Å². The largest absolute Gasteiger partial charge is 0.379 e. The van der Waals surface area contributed by atoms with Crippen LogP contribution in [0, 0.1) is 11.8 Å². The van der Waals surface area contributed by atoms with E-state index in [2.05, 4.69) is 20.3 Å². The molecule has 5 N–H and O–H groups in total. The van der Waals surface area contributed by atoms with Crippen molar-refractivity contribution in [3.8, 4) is 0 Å². The molecule has 3 fully saturated rings. The second-order valence-electron chi connectivity index (χ2n) is 13.9. The van der Waals surface area contributed by atoms with Crippen molar-refractivity contribution in [1.82, 2.24) is 25.2 Å². The first-order valence-corrected chi connectivity index (χ1v) is 20.4. The summed E-state index contributed by atoms with van der Waals surface area (Å²) in [6.45, 7) is 5.88. The van der Waals surface area contributed by atoms with Crippen LogP contribution in [0.2, 0.25) is 0 Å². The standard InChI is InChI=1S/C35H52N5O8PS/c1-4-47-49(46,48-5-2)34(45)29(21-26-22-35(38-31(26)42)15-17-40(18-16-35)23(3)41)37-33(44)30(19-24-11-7-6-8-12-24)50-39-32(43)28-20-25-13-9-10-14-27(25)36-28/h9-10,13-14,20,24,26,29-30,34,36,45H,4-8,11-12,15-19,21-22H2,1-3H3,(H,37,44)(H,38,42)(H,39,43)/t26?,29?,30-,34?/m0/s1. The number of aliphatic hydroxyl groups is 1. The number of carbonyl (C=O) groups excluding carboxylic acids is 4. The number of nitrogens with one attached hydrogen (secondary N) is 4. The van der Waals surface area contributed by atoms with Crippen LogP contribution in [0.1, 0.15) is 95.5 Å². The number of carbonyl (C=O) groups is 4. The van der Waals surface area contributed by atoms with E-state index in [1.807, 2.05) is 24.3 Å². The van der Waals surface area contributed by atoms with E-state index >= 15 is 0 Å². The first kappa shape index (κ1) is 38.3. The van der Waals surface area contributed by atoms with E-state index in [9.17, 15) is 28.8 Å². The maximum absolute atomic E-state index is 14.2. The van der Waals surface area contributed by atoms with Crippen molar-refractivity contribution >= 4 is 54.1 Å². The summed E-state index contributed by atoms with van der Waals surface area (Å²) >= 11 is 1.02. The lowest BCUT2D eigenvalue weighted by Gasteiger charge is -2.39. The Morgan fingerprint density at radius 2 is 1.76 bits per heavy atom. The molecule has 1 spiro atoms. The number of fused-ring (bicyclic) bond motifs is 1. The number of aliphatic hydroxyl groups excluding tert-OH is 1. The number of para-hydroxylation sites is 1. The number of nitrogens with zero attached hydrogens (tertiary/aromatic N) is 1. The van der Waals surface area contributed by atoms with E-state index in [4.69, 9.17) is 9.05 Å². The van der Waals surface area contributed by atoms with Crippen molar-refractivity contribution in [2.24, 2.45) is 11.8 Å². The molecule has 50 heavy (non-hydrogen) atoms. The summed E-state index contributed by atoms with van der Waals surface area (Å²) in [5.74, 6) is -3.09. The zero-order valence-electron chi connectivity index (χ0n) is 29.3. The van der Waals surface area contributed by atoms with Gasteiger partial charge in [0.1, 0.15) is 10.9 Å². The molecule has 1 aromatic carbocycles. The van der Waals surface area contributed by atoms with Gasteiger partial charge in [-0.15, -0.1) is 0 Å². The Kier molecular flexibility index (Phi) is 13.1. The van der Waals surface area contributed by atoms with Crippen LogP contribution >= 0.6 is 19.5 Å². The van der Waals surface area contributed by atoms with Gasteiger partial charge in [-0.1, -0.05) is 50.3 Å². The lowest BCUT2D eigenvalue weighted by atomic mass is 9.82. The van der Waals surface area contributed by atoms with Crippen LogP contribution in [0.25, 0.3) is 10.9 Å². The van der Waals surface area contributed by atoms with Crippen molar-refractivity contribution in [3.63, 3.8) is 0 Å². The van der Waals surface area contributed by atoms with Gasteiger partial charge in [-0.25, -0.2) is 0 Å². The number of aromatic nitrogens is 1. The van der Waals surface area contributed by atoms with Gasteiger partial charge in [0.25, 0.3) is 5.91 Å². The summed E-state index contributed by atoms with van der Waals surface area (Å²) < 4.78 is 27.7. The smallest absolute Gasteiger partial charge is 0.360 e. The molecule has 5 rings (SSSR count). The summed E-state index contributed by atoms with van der Waals surface area (Å²) in [5, 5.41) is 17.9. The normalized spacial score (nSPS) is 21.5. The highest BCUT2D eigenvalue weighted by Crippen LogP contribution is 2.54. The van der Waals surface area contributed by atoms with Crippen LogP contribution in [0.4, 0.5) is 0 Å². The quantitative estimate of drug-likeness (QED) is 0.126. The number of hydrogen-bond acceptors (Lipinski definition) is 9. The van der Waals surface area contributed by atoms with Crippen LogP contribution in [0.15, 0.2) is 30.3 Å². The molecule has 2 saturated heterocycles. The number of likely N-dealkylation sites (tertiary alicyclic amines) is 1. The third-order valence-electron chi connectivity index (χ3n) is 10.4. The lowest BCUT2D eigenvalue weighted by Crippen LogP contribution is -2.51. The van der Waals surface area contributed by atoms with E-state index in [0.717, 1.165) is 55.0 Å². The fourth-order valence-electron chi connectivity index (χ4n) is 7.67. The number of piperidine rings is 1. The summed E-state index contributed by atoms with van der Waals surface area (Å²) in [6, 6.07) is 8.18. The van der Waals surface area contributed by atoms with E-state index in [1.54, 1.807) is 24.8 Å². The van der Waals surface area contributed by atoms with Crippen molar-refractivity contribution in [2.75, 3.05) is 26.3 Å². The molecule has 15 heteroatoms. The lowest BCUT2D eigenvalue weighted by molar-refractivity contribution is -0.130. The second kappa shape index (κ2) is 17.1. The second-order valence-corrected chi connectivity index (χ2v) is 17.0. The van der Waals surface area contributed by atoms with Crippen LogP contribution in [-0.4, -0.2) is 87.6 Å². The molecule has 1 aliphatic carbocycles. The molecular weight excluding hydrogens is 681 g/mol. The Morgan fingerprint density at radius 3 is 2.40 bits per heavy atom. The van der Waals surface area contributed by atoms with Crippen molar-refractivity contribution < 1.29 is 37.9 Å². The minimum atomic E-state index is -4.13. The maximum Gasteiger partial charge on any atom is 0.360 e. The maximum atomic E-state index is 14.2. The Morgan fingerprint density at radius 1 is 1.08 bits per heavy atom. The average molecular weight is 734 g/mol. The van der Waals surface area contributed by atoms with Gasteiger partial charge < -0.3 is 34.7 Å². The third-order valence-corrected chi connectivity index (χ3v) is 13.6. The summed E-state index contributed by atoms with van der Waals surface area (Å²) in [7, 11) is -4.13. The zero-order chi connectivity index (χ0) is 35.9. The zero-order valence-corrected chi connectivity index (χ0v) is 31.0. The Bertz CT molecular complexity index is 1510. The predicted octanol–water partition coefficient (Wildman–Crippen LogP) is 4.86. The van der Waals surface area contributed by atoms with Gasteiger partial charge in [0.2, 0.25) is 17.7 Å². The molecule has 2 aliphatic heterocycles. The number of hydrogen-bond donors (Lipinski definition) is 5. The van der Waals surface area contributed by atoms with E-state index in [1.165, 1.54) is 6.92 Å². The molecule has 3 unspecified atom stereocenters. The number of benzene rings is 1. The van der Waals surface area contributed by atoms with E-state index in [0.29, 0.717) is 44.5 Å². The molecule has 0 bridgehead atoms. The summed E-state index contributed by atoms with van der Waals surface area (Å²) in [5.41, 5.74) is 0.697. The minimum Gasteiger partial charge on any atom is -0.379 e. The van der Waals surface area contributed by atoms with Gasteiger partial charge >= 0.3 is 7.60 Å². The predicted molar refractivity (Wildman–Crippen MR) is 192 cm³/mol. The SMILES string of the molecule is CCOP(=O)(OCC)C(O)C(CC1CC2(CCN(C(C)=O)CC2)NC1=O)NC(=O)[C@H](CC1CCCCC1)SNC(=O)c1cc2ccccc2[nH]1. The molecule has 276 valence electrons. The Hall–Kier alpha value is -2.90. The van der Waals surface area contributed by atoms with E-state index in [-0.39, 0.29) is 43.3 Å². The molecule has 2 aromatic rings. The molecule has 4 amide bonds. The van der Waals surface area contributed by atoms with Gasteiger partial charge in [0.15, 0.2) is 5.85 Å². The molecular formula is C35H52N5O8PS. The van der Waals surface area contributed by atoms with Crippen molar-refractivity contribution in [3.05, 3.63) is 36.0 Å². The fourth-order valence-corrected chi connectivity index (χ4v) is 10.3. The monoisotopic (exact) mass is 733 g/mol. The van der Waals surface area contributed by atoms with Gasteiger partial charge in [-0.05, 0) is 76.0 Å². The Labute approximate surface area is 298 Å². The summed E-state index contributed by atoms with van der Waals surface area (Å²) in [4.78, 5) is 57.7. The first-order valence-electron chi connectivity index (χ1n) is 17.9. The van der Waals surface area contributed by atoms with Crippen LogP contribution in [0.5, 0.6) is 0 Å². The molecule has 1 saturated carbocycles.